The van der Waals surface area contributed by atoms with E-state index in [0.717, 1.165) is 73.6 Å². The molecule has 2 aliphatic heterocycles. The van der Waals surface area contributed by atoms with E-state index in [-0.39, 0.29) is 17.6 Å². The lowest BCUT2D eigenvalue weighted by Crippen LogP contribution is -2.49. The standard InChI is InChI=1S/C32H37F4NO3/c1-17(31(38)39)29(20-4-5-20)21-6-3-19-9-12-27(40-28(19)13-21)30-22-7-8-23(30)16-37(15-22)18(2)25-14-24(33)10-11-26(25)32(34,35)36/h3,6,10-11,13-14,17-18,20,22-23,27,29-30H,4-5,7-9,12,15-16H2,1-2H3,(H,38,39)/t17?,18?,22-,23+,27?,29?,30?. The number of alkyl halides is 3. The van der Waals surface area contributed by atoms with Crippen LogP contribution < -0.4 is 4.74 Å². The number of fused-ring (bicyclic) bond motifs is 3. The second-order valence-corrected chi connectivity index (χ2v) is 12.6. The molecule has 0 aromatic heterocycles. The van der Waals surface area contributed by atoms with Gasteiger partial charge in [-0.05, 0) is 110 Å². The van der Waals surface area contributed by atoms with Crippen LogP contribution >= 0.6 is 0 Å². The third-order valence-corrected chi connectivity index (χ3v) is 10.2. The number of halogens is 4. The molecule has 7 atom stereocenters. The molecule has 1 saturated heterocycles. The second kappa shape index (κ2) is 10.3. The van der Waals surface area contributed by atoms with Crippen molar-refractivity contribution in [3.05, 3.63) is 64.5 Å². The lowest BCUT2D eigenvalue weighted by Gasteiger charge is -2.45. The Morgan fingerprint density at radius 3 is 2.33 bits per heavy atom. The molecule has 40 heavy (non-hydrogen) atoms. The van der Waals surface area contributed by atoms with Crippen molar-refractivity contribution in [3.63, 3.8) is 0 Å². The van der Waals surface area contributed by atoms with E-state index >= 15 is 0 Å². The molecule has 2 aromatic carbocycles. The molecule has 0 radical (unpaired) electrons. The van der Waals surface area contributed by atoms with Crippen molar-refractivity contribution >= 4 is 5.97 Å². The molecule has 1 N–H and O–H groups in total. The summed E-state index contributed by atoms with van der Waals surface area (Å²) in [5, 5.41) is 9.70. The molecule has 216 valence electrons. The number of carboxylic acid groups (broad SMARTS) is 1. The van der Waals surface area contributed by atoms with Gasteiger partial charge in [0.05, 0.1) is 11.5 Å². The van der Waals surface area contributed by atoms with Gasteiger partial charge < -0.3 is 9.84 Å². The molecular weight excluding hydrogens is 522 g/mol. The number of piperidine rings is 1. The predicted molar refractivity (Wildman–Crippen MR) is 143 cm³/mol. The van der Waals surface area contributed by atoms with Gasteiger partial charge in [0.15, 0.2) is 0 Å². The number of aliphatic carboxylic acids is 1. The zero-order chi connectivity index (χ0) is 28.3. The lowest BCUT2D eigenvalue weighted by molar-refractivity contribution is -0.142. The summed E-state index contributed by atoms with van der Waals surface area (Å²) in [5.74, 6) is 0.320. The van der Waals surface area contributed by atoms with Crippen LogP contribution in [0, 0.1) is 35.4 Å². The van der Waals surface area contributed by atoms with Crippen molar-refractivity contribution < 1.29 is 32.2 Å². The quantitative estimate of drug-likeness (QED) is 0.358. The van der Waals surface area contributed by atoms with Gasteiger partial charge in [-0.25, -0.2) is 4.39 Å². The zero-order valence-corrected chi connectivity index (χ0v) is 23.0. The summed E-state index contributed by atoms with van der Waals surface area (Å²) in [7, 11) is 0. The first-order valence-corrected chi connectivity index (χ1v) is 14.6. The fourth-order valence-corrected chi connectivity index (χ4v) is 8.02. The Kier molecular flexibility index (Phi) is 7.12. The number of aryl methyl sites for hydroxylation is 1. The smallest absolute Gasteiger partial charge is 0.416 e. The third kappa shape index (κ3) is 5.12. The Morgan fingerprint density at radius 2 is 1.70 bits per heavy atom. The summed E-state index contributed by atoms with van der Waals surface area (Å²) in [4.78, 5) is 13.9. The number of nitrogens with zero attached hydrogens (tertiary/aromatic N) is 1. The molecule has 0 spiro atoms. The van der Waals surface area contributed by atoms with Gasteiger partial charge in [-0.15, -0.1) is 0 Å². The summed E-state index contributed by atoms with van der Waals surface area (Å²) < 4.78 is 61.9. The Labute approximate surface area is 232 Å². The number of benzene rings is 2. The Bertz CT molecular complexity index is 1260. The van der Waals surface area contributed by atoms with E-state index < -0.39 is 35.5 Å². The molecule has 2 saturated carbocycles. The van der Waals surface area contributed by atoms with Crippen LogP contribution in [0.4, 0.5) is 17.6 Å². The van der Waals surface area contributed by atoms with E-state index in [1.54, 1.807) is 13.8 Å². The van der Waals surface area contributed by atoms with Crippen LogP contribution in [-0.4, -0.2) is 35.2 Å². The summed E-state index contributed by atoms with van der Waals surface area (Å²) >= 11 is 0. The summed E-state index contributed by atoms with van der Waals surface area (Å²) in [6, 6.07) is 8.49. The Balaban J connectivity index is 1.19. The number of carbonyl (C=O) groups is 1. The lowest BCUT2D eigenvalue weighted by atomic mass is 9.77. The van der Waals surface area contributed by atoms with E-state index in [4.69, 9.17) is 4.74 Å². The van der Waals surface area contributed by atoms with Crippen molar-refractivity contribution in [1.29, 1.82) is 0 Å². The highest BCUT2D eigenvalue weighted by Gasteiger charge is 2.49. The summed E-state index contributed by atoms with van der Waals surface area (Å²) in [6.07, 6.45) is 1.45. The van der Waals surface area contributed by atoms with Crippen molar-refractivity contribution in [3.8, 4) is 5.75 Å². The van der Waals surface area contributed by atoms with Gasteiger partial charge in [-0.2, -0.15) is 13.2 Å². The topological polar surface area (TPSA) is 49.8 Å². The van der Waals surface area contributed by atoms with E-state index in [1.165, 1.54) is 0 Å². The molecule has 0 amide bonds. The van der Waals surface area contributed by atoms with Crippen LogP contribution in [0.5, 0.6) is 5.75 Å². The second-order valence-electron chi connectivity index (χ2n) is 12.6. The number of hydrogen-bond donors (Lipinski definition) is 1. The molecule has 2 heterocycles. The average Bonchev–Trinajstić information content (AvgIpc) is 3.71. The third-order valence-electron chi connectivity index (χ3n) is 10.2. The van der Waals surface area contributed by atoms with Crippen molar-refractivity contribution in [1.82, 2.24) is 4.90 Å². The fourth-order valence-electron chi connectivity index (χ4n) is 8.02. The molecular formula is C32H37F4NO3. The van der Waals surface area contributed by atoms with Gasteiger partial charge in [0.2, 0.25) is 0 Å². The molecule has 6 rings (SSSR count). The van der Waals surface area contributed by atoms with Crippen LogP contribution in [-0.2, 0) is 17.4 Å². The minimum absolute atomic E-state index is 0.00142. The summed E-state index contributed by atoms with van der Waals surface area (Å²) in [6.45, 7) is 4.89. The van der Waals surface area contributed by atoms with Crippen molar-refractivity contribution in [2.45, 2.75) is 76.6 Å². The van der Waals surface area contributed by atoms with Crippen molar-refractivity contribution in [2.75, 3.05) is 13.1 Å². The van der Waals surface area contributed by atoms with Gasteiger partial charge in [0.25, 0.3) is 0 Å². The van der Waals surface area contributed by atoms with Crippen molar-refractivity contribution in [2.24, 2.45) is 29.6 Å². The minimum atomic E-state index is -4.53. The maximum atomic E-state index is 14.0. The van der Waals surface area contributed by atoms with Crippen LogP contribution in [0.1, 0.15) is 80.2 Å². The van der Waals surface area contributed by atoms with Crippen LogP contribution in [0.25, 0.3) is 0 Å². The first-order chi connectivity index (χ1) is 19.0. The highest BCUT2D eigenvalue weighted by Crippen LogP contribution is 2.51. The number of hydrogen-bond acceptors (Lipinski definition) is 3. The Morgan fingerprint density at radius 1 is 1.00 bits per heavy atom. The Hall–Kier alpha value is -2.61. The molecule has 2 bridgehead atoms. The maximum absolute atomic E-state index is 14.0. The molecule has 2 aromatic rings. The first-order valence-electron chi connectivity index (χ1n) is 14.6. The number of ether oxygens (including phenoxy) is 1. The first kappa shape index (κ1) is 27.6. The van der Waals surface area contributed by atoms with Crippen LogP contribution in [0.3, 0.4) is 0 Å². The molecule has 5 unspecified atom stereocenters. The highest BCUT2D eigenvalue weighted by atomic mass is 19.4. The zero-order valence-electron chi connectivity index (χ0n) is 23.0. The van der Waals surface area contributed by atoms with E-state index in [2.05, 4.69) is 23.1 Å². The number of rotatable bonds is 7. The predicted octanol–water partition coefficient (Wildman–Crippen LogP) is 7.47. The van der Waals surface area contributed by atoms with Gasteiger partial charge in [0.1, 0.15) is 17.7 Å². The monoisotopic (exact) mass is 559 g/mol. The molecule has 3 fully saturated rings. The molecule has 4 aliphatic rings. The fraction of sp³-hybridized carbons (Fsp3) is 0.594. The molecule has 2 aliphatic carbocycles. The van der Waals surface area contributed by atoms with Gasteiger partial charge >= 0.3 is 12.1 Å². The van der Waals surface area contributed by atoms with Crippen LogP contribution in [0.2, 0.25) is 0 Å². The van der Waals surface area contributed by atoms with Gasteiger partial charge in [0, 0.05) is 25.0 Å². The molecule has 4 nitrogen and oxygen atoms in total. The van der Waals surface area contributed by atoms with Gasteiger partial charge in [-0.1, -0.05) is 19.1 Å². The normalized spacial score (nSPS) is 28.9. The number of carboxylic acids is 1. The maximum Gasteiger partial charge on any atom is 0.416 e. The molecule has 8 heteroatoms. The highest BCUT2D eigenvalue weighted by molar-refractivity contribution is 5.71. The average molecular weight is 560 g/mol. The van der Waals surface area contributed by atoms with E-state index in [9.17, 15) is 27.5 Å². The van der Waals surface area contributed by atoms with Crippen LogP contribution in [0.15, 0.2) is 36.4 Å². The van der Waals surface area contributed by atoms with E-state index in [1.807, 2.05) is 0 Å². The minimum Gasteiger partial charge on any atom is -0.490 e. The van der Waals surface area contributed by atoms with E-state index in [0.29, 0.717) is 36.8 Å². The SMILES string of the molecule is CC(C(=O)O)C(c1ccc2c(c1)OC(C1[C@@H]3CC[C@H]1CN(C(C)c1cc(F)ccc1C(F)(F)F)C3)CC2)C1CC1. The number of likely N-dealkylation sites (tertiary alicyclic amines) is 1. The largest absolute Gasteiger partial charge is 0.490 e. The summed E-state index contributed by atoms with van der Waals surface area (Å²) in [5.41, 5.74) is 1.43. The van der Waals surface area contributed by atoms with Gasteiger partial charge in [-0.3, -0.25) is 9.69 Å².